The van der Waals surface area contributed by atoms with Crippen LogP contribution in [-0.2, 0) is 12.8 Å². The first kappa shape index (κ1) is 10.5. The van der Waals surface area contributed by atoms with Gasteiger partial charge in [0, 0.05) is 23.0 Å². The summed E-state index contributed by atoms with van der Waals surface area (Å²) in [5.41, 5.74) is 10.4. The molecule has 2 N–H and O–H groups in total. The second-order valence-electron chi connectivity index (χ2n) is 4.74. The average Bonchev–Trinajstić information content (AvgIpc) is 2.32. The van der Waals surface area contributed by atoms with Gasteiger partial charge in [-0.25, -0.2) is 9.97 Å². The highest BCUT2D eigenvalue weighted by atomic mass is 14.9. The number of aromatic nitrogens is 2. The highest BCUT2D eigenvalue weighted by Gasteiger charge is 2.14. The zero-order chi connectivity index (χ0) is 11.7. The van der Waals surface area contributed by atoms with Crippen molar-refractivity contribution in [1.29, 1.82) is 0 Å². The number of aryl methyl sites for hydroxylation is 1. The largest absolute Gasteiger partial charge is 0.398 e. The van der Waals surface area contributed by atoms with Gasteiger partial charge in [-0.2, -0.15) is 0 Å². The molecule has 2 aromatic rings. The Labute approximate surface area is 101 Å². The summed E-state index contributed by atoms with van der Waals surface area (Å²) in [6.45, 7) is 0. The quantitative estimate of drug-likeness (QED) is 0.753. The lowest BCUT2D eigenvalue weighted by molar-refractivity contribution is 0.611. The Hall–Kier alpha value is -1.64. The predicted molar refractivity (Wildman–Crippen MR) is 69.8 cm³/mol. The maximum absolute atomic E-state index is 6.28. The fourth-order valence-corrected chi connectivity index (χ4v) is 2.64. The number of anilines is 1. The van der Waals surface area contributed by atoms with Gasteiger partial charge in [0.25, 0.3) is 0 Å². The van der Waals surface area contributed by atoms with E-state index in [0.29, 0.717) is 0 Å². The highest BCUT2D eigenvalue weighted by Crippen LogP contribution is 2.28. The van der Waals surface area contributed by atoms with Crippen molar-refractivity contribution in [2.75, 3.05) is 5.73 Å². The molecule has 17 heavy (non-hydrogen) atoms. The predicted octanol–water partition coefficient (Wildman–Crippen LogP) is 2.87. The van der Waals surface area contributed by atoms with Gasteiger partial charge in [-0.05, 0) is 43.4 Å². The van der Waals surface area contributed by atoms with Crippen LogP contribution in [0.1, 0.15) is 36.9 Å². The van der Waals surface area contributed by atoms with Crippen molar-refractivity contribution in [3.63, 3.8) is 0 Å². The van der Waals surface area contributed by atoms with Gasteiger partial charge < -0.3 is 5.73 Å². The number of hydrogen-bond acceptors (Lipinski definition) is 3. The van der Waals surface area contributed by atoms with E-state index in [1.54, 1.807) is 6.20 Å². The molecule has 2 heterocycles. The van der Waals surface area contributed by atoms with Crippen LogP contribution >= 0.6 is 0 Å². The van der Waals surface area contributed by atoms with Crippen LogP contribution in [0.25, 0.3) is 11.0 Å². The first-order valence-electron chi connectivity index (χ1n) is 6.38. The van der Waals surface area contributed by atoms with Gasteiger partial charge in [0.15, 0.2) is 5.65 Å². The van der Waals surface area contributed by atoms with Gasteiger partial charge in [-0.1, -0.05) is 12.8 Å². The molecule has 0 aromatic carbocycles. The van der Waals surface area contributed by atoms with E-state index in [1.807, 2.05) is 12.1 Å². The number of fused-ring (bicyclic) bond motifs is 2. The second kappa shape index (κ2) is 4.32. The molecule has 0 spiro atoms. The highest BCUT2D eigenvalue weighted by molar-refractivity contribution is 5.89. The Balaban J connectivity index is 2.21. The van der Waals surface area contributed by atoms with Gasteiger partial charge in [0.05, 0.1) is 0 Å². The monoisotopic (exact) mass is 227 g/mol. The molecule has 0 unspecified atom stereocenters. The number of nitrogens with zero attached hydrogens (tertiary/aromatic N) is 2. The van der Waals surface area contributed by atoms with Crippen molar-refractivity contribution in [2.45, 2.75) is 38.5 Å². The number of nitrogens with two attached hydrogens (primary N) is 1. The van der Waals surface area contributed by atoms with Gasteiger partial charge in [0.2, 0.25) is 0 Å². The summed E-state index contributed by atoms with van der Waals surface area (Å²) in [5.74, 6) is 0. The minimum absolute atomic E-state index is 0.796. The summed E-state index contributed by atoms with van der Waals surface area (Å²) in [6, 6.07) is 3.94. The topological polar surface area (TPSA) is 51.8 Å². The van der Waals surface area contributed by atoms with Crippen LogP contribution < -0.4 is 5.73 Å². The molecule has 3 heteroatoms. The fourth-order valence-electron chi connectivity index (χ4n) is 2.64. The van der Waals surface area contributed by atoms with Crippen molar-refractivity contribution in [1.82, 2.24) is 9.97 Å². The first-order valence-corrected chi connectivity index (χ1v) is 6.38. The lowest BCUT2D eigenvalue weighted by Gasteiger charge is -2.16. The number of pyridine rings is 2. The second-order valence-corrected chi connectivity index (χ2v) is 4.74. The van der Waals surface area contributed by atoms with E-state index in [9.17, 15) is 0 Å². The Morgan fingerprint density at radius 1 is 1.06 bits per heavy atom. The normalized spacial score (nSPS) is 16.2. The van der Waals surface area contributed by atoms with Crippen LogP contribution in [0.2, 0.25) is 0 Å². The number of rotatable bonds is 0. The molecule has 0 saturated heterocycles. The van der Waals surface area contributed by atoms with Crippen LogP contribution in [-0.4, -0.2) is 9.97 Å². The smallest absolute Gasteiger partial charge is 0.161 e. The third-order valence-corrected chi connectivity index (χ3v) is 3.58. The van der Waals surface area contributed by atoms with Crippen LogP contribution in [0.5, 0.6) is 0 Å². The Morgan fingerprint density at radius 3 is 2.76 bits per heavy atom. The van der Waals surface area contributed by atoms with Crippen LogP contribution in [0, 0.1) is 0 Å². The average molecular weight is 227 g/mol. The lowest BCUT2D eigenvalue weighted by atomic mass is 9.95. The minimum Gasteiger partial charge on any atom is -0.398 e. The fraction of sp³-hybridized carbons (Fsp3) is 0.429. The van der Waals surface area contributed by atoms with E-state index in [4.69, 9.17) is 5.73 Å². The van der Waals surface area contributed by atoms with E-state index in [0.717, 1.165) is 29.6 Å². The third kappa shape index (κ3) is 1.86. The molecule has 0 saturated carbocycles. The van der Waals surface area contributed by atoms with Crippen molar-refractivity contribution in [2.24, 2.45) is 0 Å². The summed E-state index contributed by atoms with van der Waals surface area (Å²) in [7, 11) is 0. The summed E-state index contributed by atoms with van der Waals surface area (Å²) in [4.78, 5) is 9.00. The van der Waals surface area contributed by atoms with Crippen molar-refractivity contribution in [3.05, 3.63) is 29.6 Å². The minimum atomic E-state index is 0.796. The SMILES string of the molecule is Nc1c2c(nc3ncccc13)CCCCCC2. The Bertz CT molecular complexity index is 548. The van der Waals surface area contributed by atoms with Crippen molar-refractivity contribution < 1.29 is 0 Å². The molecule has 88 valence electrons. The molecule has 3 nitrogen and oxygen atoms in total. The van der Waals surface area contributed by atoms with Crippen molar-refractivity contribution >= 4 is 16.7 Å². The van der Waals surface area contributed by atoms with E-state index in [2.05, 4.69) is 9.97 Å². The molecule has 0 bridgehead atoms. The maximum Gasteiger partial charge on any atom is 0.161 e. The standard InChI is InChI=1S/C14H17N3/c15-13-10-6-3-1-2-4-8-12(10)17-14-11(13)7-5-9-16-14/h5,7,9H,1-4,6,8H2,(H2,15,16,17). The Morgan fingerprint density at radius 2 is 1.88 bits per heavy atom. The molecule has 2 aromatic heterocycles. The lowest BCUT2D eigenvalue weighted by Crippen LogP contribution is -2.07. The third-order valence-electron chi connectivity index (χ3n) is 3.58. The zero-order valence-corrected chi connectivity index (χ0v) is 9.95. The molecular weight excluding hydrogens is 210 g/mol. The molecule has 0 radical (unpaired) electrons. The summed E-state index contributed by atoms with van der Waals surface area (Å²) in [6.07, 6.45) is 8.96. The molecule has 0 atom stereocenters. The number of hydrogen-bond donors (Lipinski definition) is 1. The van der Waals surface area contributed by atoms with E-state index >= 15 is 0 Å². The number of nitrogen functional groups attached to an aromatic ring is 1. The molecule has 0 amide bonds. The van der Waals surface area contributed by atoms with Gasteiger partial charge in [0.1, 0.15) is 0 Å². The van der Waals surface area contributed by atoms with E-state index in [-0.39, 0.29) is 0 Å². The van der Waals surface area contributed by atoms with E-state index in [1.165, 1.54) is 36.9 Å². The summed E-state index contributed by atoms with van der Waals surface area (Å²) >= 11 is 0. The molecule has 1 aliphatic carbocycles. The molecule has 0 aliphatic heterocycles. The van der Waals surface area contributed by atoms with Crippen LogP contribution in [0.15, 0.2) is 18.3 Å². The van der Waals surface area contributed by atoms with Crippen LogP contribution in [0.4, 0.5) is 5.69 Å². The molecule has 3 rings (SSSR count). The van der Waals surface area contributed by atoms with Crippen LogP contribution in [0.3, 0.4) is 0 Å². The maximum atomic E-state index is 6.28. The molecule has 1 aliphatic rings. The molecular formula is C14H17N3. The van der Waals surface area contributed by atoms with Gasteiger partial charge >= 0.3 is 0 Å². The first-order chi connectivity index (χ1) is 8.36. The van der Waals surface area contributed by atoms with Gasteiger partial charge in [-0.15, -0.1) is 0 Å². The van der Waals surface area contributed by atoms with Gasteiger partial charge in [-0.3, -0.25) is 0 Å². The Kier molecular flexibility index (Phi) is 2.67. The van der Waals surface area contributed by atoms with E-state index < -0.39 is 0 Å². The zero-order valence-electron chi connectivity index (χ0n) is 9.95. The summed E-state index contributed by atoms with van der Waals surface area (Å²) in [5, 5.41) is 1.01. The molecule has 0 fully saturated rings. The van der Waals surface area contributed by atoms with Crippen molar-refractivity contribution in [3.8, 4) is 0 Å². The summed E-state index contributed by atoms with van der Waals surface area (Å²) < 4.78 is 0.